The summed E-state index contributed by atoms with van der Waals surface area (Å²) in [6, 6.07) is 15.5. The molecule has 7 heteroatoms. The van der Waals surface area contributed by atoms with Gasteiger partial charge in [-0.2, -0.15) is 4.31 Å². The Bertz CT molecular complexity index is 1120. The second-order valence-electron chi connectivity index (χ2n) is 10.2. The van der Waals surface area contributed by atoms with Crippen LogP contribution in [0.3, 0.4) is 0 Å². The van der Waals surface area contributed by atoms with Gasteiger partial charge in [-0.05, 0) is 92.7 Å². The molecule has 0 saturated carbocycles. The van der Waals surface area contributed by atoms with Gasteiger partial charge >= 0.3 is 0 Å². The molecule has 2 aromatic carbocycles. The van der Waals surface area contributed by atoms with Crippen LogP contribution in [-0.4, -0.2) is 56.3 Å². The van der Waals surface area contributed by atoms with E-state index in [4.69, 9.17) is 4.74 Å². The number of carbonyl (C=O) groups excluding carboxylic acids is 1. The number of fused-ring (bicyclic) bond motifs is 1. The first-order chi connectivity index (χ1) is 17.0. The molecular weight excluding hydrogens is 460 g/mol. The van der Waals surface area contributed by atoms with E-state index in [9.17, 15) is 13.2 Å². The fourth-order valence-electron chi connectivity index (χ4n) is 5.67. The zero-order valence-electron chi connectivity index (χ0n) is 20.4. The molecule has 0 radical (unpaired) electrons. The van der Waals surface area contributed by atoms with E-state index in [-0.39, 0.29) is 11.8 Å². The predicted molar refractivity (Wildman–Crippen MR) is 136 cm³/mol. The molecule has 3 aliphatic rings. The molecule has 0 aromatic heterocycles. The minimum absolute atomic E-state index is 0.0814. The van der Waals surface area contributed by atoms with Crippen LogP contribution in [0.1, 0.15) is 49.7 Å². The maximum Gasteiger partial charge on any atom is 0.243 e. The number of amides is 1. The summed E-state index contributed by atoms with van der Waals surface area (Å²) in [5, 5.41) is 0. The van der Waals surface area contributed by atoms with Gasteiger partial charge in [-0.3, -0.25) is 4.79 Å². The molecule has 35 heavy (non-hydrogen) atoms. The van der Waals surface area contributed by atoms with Crippen molar-refractivity contribution in [3.8, 4) is 5.75 Å². The van der Waals surface area contributed by atoms with Gasteiger partial charge < -0.3 is 9.64 Å². The number of para-hydroxylation sites is 1. The average Bonchev–Trinajstić information content (AvgIpc) is 2.92. The van der Waals surface area contributed by atoms with Gasteiger partial charge in [0.15, 0.2) is 0 Å². The van der Waals surface area contributed by atoms with Gasteiger partial charge in [0.1, 0.15) is 5.75 Å². The third-order valence-electron chi connectivity index (χ3n) is 7.92. The Morgan fingerprint density at radius 1 is 0.857 bits per heavy atom. The van der Waals surface area contributed by atoms with E-state index in [2.05, 4.69) is 0 Å². The molecule has 0 atom stereocenters. The maximum absolute atomic E-state index is 13.3. The Balaban J connectivity index is 1.10. The summed E-state index contributed by atoms with van der Waals surface area (Å²) in [5.41, 5.74) is 2.47. The molecule has 6 nitrogen and oxygen atoms in total. The Kier molecular flexibility index (Phi) is 7.44. The Labute approximate surface area is 209 Å². The third-order valence-corrected chi connectivity index (χ3v) is 9.81. The SMILES string of the molecule is O=C(C1CCN(S(=O)(=O)c2ccc3c(c2)CCCC3)CC1)N1CCC(COc2ccccc2)CC1. The van der Waals surface area contributed by atoms with Crippen LogP contribution in [0.5, 0.6) is 5.75 Å². The molecule has 2 saturated heterocycles. The van der Waals surface area contributed by atoms with Gasteiger partial charge in [-0.15, -0.1) is 0 Å². The van der Waals surface area contributed by atoms with E-state index in [0.29, 0.717) is 43.4 Å². The molecule has 0 unspecified atom stereocenters. The normalized spacial score (nSPS) is 20.4. The smallest absolute Gasteiger partial charge is 0.243 e. The summed E-state index contributed by atoms with van der Waals surface area (Å²) >= 11 is 0. The zero-order chi connectivity index (χ0) is 24.3. The molecule has 1 aliphatic carbocycles. The molecule has 2 fully saturated rings. The highest BCUT2D eigenvalue weighted by atomic mass is 32.2. The Morgan fingerprint density at radius 3 is 2.26 bits per heavy atom. The van der Waals surface area contributed by atoms with Crippen molar-refractivity contribution in [2.75, 3.05) is 32.8 Å². The fraction of sp³-hybridized carbons (Fsp3) is 0.536. The van der Waals surface area contributed by atoms with Crippen molar-refractivity contribution in [2.24, 2.45) is 11.8 Å². The van der Waals surface area contributed by atoms with Gasteiger partial charge in [-0.25, -0.2) is 8.42 Å². The lowest BCUT2D eigenvalue weighted by Crippen LogP contribution is -2.47. The topological polar surface area (TPSA) is 66.9 Å². The van der Waals surface area contributed by atoms with Crippen LogP contribution in [0.15, 0.2) is 53.4 Å². The van der Waals surface area contributed by atoms with Gasteiger partial charge in [0, 0.05) is 32.1 Å². The minimum Gasteiger partial charge on any atom is -0.493 e. The maximum atomic E-state index is 13.3. The van der Waals surface area contributed by atoms with Crippen molar-refractivity contribution in [2.45, 2.75) is 56.3 Å². The number of hydrogen-bond donors (Lipinski definition) is 0. The summed E-state index contributed by atoms with van der Waals surface area (Å²) < 4.78 is 34.0. The highest BCUT2D eigenvalue weighted by molar-refractivity contribution is 7.89. The number of benzene rings is 2. The number of likely N-dealkylation sites (tertiary alicyclic amines) is 1. The number of sulfonamides is 1. The average molecular weight is 497 g/mol. The molecule has 1 amide bonds. The predicted octanol–water partition coefficient (Wildman–Crippen LogP) is 4.28. The van der Waals surface area contributed by atoms with Crippen LogP contribution < -0.4 is 4.74 Å². The second-order valence-corrected chi connectivity index (χ2v) is 12.1. The van der Waals surface area contributed by atoms with Crippen molar-refractivity contribution in [1.29, 1.82) is 0 Å². The van der Waals surface area contributed by atoms with Crippen molar-refractivity contribution in [3.05, 3.63) is 59.7 Å². The van der Waals surface area contributed by atoms with E-state index in [1.54, 1.807) is 10.4 Å². The molecule has 188 valence electrons. The number of piperidine rings is 2. The Morgan fingerprint density at radius 2 is 1.54 bits per heavy atom. The summed E-state index contributed by atoms with van der Waals surface area (Å²) in [5.74, 6) is 1.46. The van der Waals surface area contributed by atoms with Gasteiger partial charge in [-0.1, -0.05) is 24.3 Å². The molecule has 2 heterocycles. The fourth-order valence-corrected chi connectivity index (χ4v) is 7.19. The summed E-state index contributed by atoms with van der Waals surface area (Å²) in [7, 11) is -3.51. The van der Waals surface area contributed by atoms with Crippen molar-refractivity contribution < 1.29 is 17.9 Å². The number of rotatable bonds is 6. The molecule has 0 N–H and O–H groups in total. The van der Waals surface area contributed by atoms with E-state index in [1.807, 2.05) is 47.4 Å². The number of aryl methyl sites for hydroxylation is 2. The molecule has 0 spiro atoms. The Hall–Kier alpha value is -2.38. The minimum atomic E-state index is -3.51. The lowest BCUT2D eigenvalue weighted by atomic mass is 9.92. The molecular formula is C28H36N2O4S. The summed E-state index contributed by atoms with van der Waals surface area (Å²) in [4.78, 5) is 15.5. The van der Waals surface area contributed by atoms with E-state index < -0.39 is 10.0 Å². The number of hydrogen-bond acceptors (Lipinski definition) is 4. The van der Waals surface area contributed by atoms with Crippen LogP contribution in [0.2, 0.25) is 0 Å². The third kappa shape index (κ3) is 5.56. The summed E-state index contributed by atoms with van der Waals surface area (Å²) in [6.07, 6.45) is 7.40. The van der Waals surface area contributed by atoms with Crippen LogP contribution in [0.25, 0.3) is 0 Å². The number of carbonyl (C=O) groups is 1. The number of nitrogens with zero attached hydrogens (tertiary/aromatic N) is 2. The van der Waals surface area contributed by atoms with Crippen LogP contribution in [0, 0.1) is 11.8 Å². The molecule has 2 aromatic rings. The summed E-state index contributed by atoms with van der Waals surface area (Å²) in [6.45, 7) is 3.03. The zero-order valence-corrected chi connectivity index (χ0v) is 21.2. The second kappa shape index (κ2) is 10.7. The van der Waals surface area contributed by atoms with E-state index in [1.165, 1.54) is 17.5 Å². The lowest BCUT2D eigenvalue weighted by molar-refractivity contribution is -0.138. The van der Waals surface area contributed by atoms with Crippen molar-refractivity contribution >= 4 is 15.9 Å². The van der Waals surface area contributed by atoms with Crippen LogP contribution in [-0.2, 0) is 27.7 Å². The highest BCUT2D eigenvalue weighted by Crippen LogP contribution is 2.29. The van der Waals surface area contributed by atoms with Gasteiger partial charge in [0.25, 0.3) is 0 Å². The number of ether oxygens (including phenoxy) is 1. The van der Waals surface area contributed by atoms with E-state index in [0.717, 1.165) is 50.9 Å². The van der Waals surface area contributed by atoms with Gasteiger partial charge in [0.2, 0.25) is 15.9 Å². The standard InChI is InChI=1S/C28H36N2O4S/c31-28(29-16-12-22(13-17-29)21-34-26-8-2-1-3-9-26)24-14-18-30(19-15-24)35(32,33)27-11-10-23-6-4-5-7-25(23)20-27/h1-3,8-11,20,22,24H,4-7,12-19,21H2. The van der Waals surface area contributed by atoms with Crippen LogP contribution in [0.4, 0.5) is 0 Å². The lowest BCUT2D eigenvalue weighted by Gasteiger charge is -2.37. The first-order valence-electron chi connectivity index (χ1n) is 13.1. The first kappa shape index (κ1) is 24.3. The van der Waals surface area contributed by atoms with Crippen molar-refractivity contribution in [3.63, 3.8) is 0 Å². The van der Waals surface area contributed by atoms with E-state index >= 15 is 0 Å². The van der Waals surface area contributed by atoms with Crippen LogP contribution >= 0.6 is 0 Å². The monoisotopic (exact) mass is 496 g/mol. The quantitative estimate of drug-likeness (QED) is 0.599. The molecule has 0 bridgehead atoms. The van der Waals surface area contributed by atoms with Gasteiger partial charge in [0.05, 0.1) is 11.5 Å². The highest BCUT2D eigenvalue weighted by Gasteiger charge is 2.35. The van der Waals surface area contributed by atoms with Crippen molar-refractivity contribution in [1.82, 2.24) is 9.21 Å². The first-order valence-corrected chi connectivity index (χ1v) is 14.5. The largest absolute Gasteiger partial charge is 0.493 e. The molecule has 2 aliphatic heterocycles. The molecule has 5 rings (SSSR count).